The van der Waals surface area contributed by atoms with E-state index in [2.05, 4.69) is 5.32 Å². The first-order chi connectivity index (χ1) is 13.0. The second-order valence-electron chi connectivity index (χ2n) is 6.45. The van der Waals surface area contributed by atoms with Crippen LogP contribution in [0.5, 0.6) is 0 Å². The minimum atomic E-state index is -1.08. The monoisotopic (exact) mass is 365 g/mol. The molecule has 1 amide bonds. The average molecular weight is 365 g/mol. The summed E-state index contributed by atoms with van der Waals surface area (Å²) in [4.78, 5) is 24.0. The third-order valence-corrected chi connectivity index (χ3v) is 4.46. The minimum absolute atomic E-state index is 0.269. The Morgan fingerprint density at radius 3 is 2.48 bits per heavy atom. The van der Waals surface area contributed by atoms with Crippen molar-refractivity contribution >= 4 is 22.6 Å². The lowest BCUT2D eigenvalue weighted by Crippen LogP contribution is -2.40. The van der Waals surface area contributed by atoms with Crippen molar-refractivity contribution in [1.29, 1.82) is 0 Å². The number of fused-ring (bicyclic) bond motifs is 1. The van der Waals surface area contributed by atoms with E-state index in [1.807, 2.05) is 30.3 Å². The number of carbonyl (C=O) groups excluding carboxylic acids is 1. The van der Waals surface area contributed by atoms with E-state index in [0.29, 0.717) is 18.4 Å². The number of carboxylic acids is 1. The number of benzene rings is 3. The number of amides is 1. The van der Waals surface area contributed by atoms with Gasteiger partial charge < -0.3 is 10.4 Å². The Bertz CT molecular complexity index is 970. The zero-order valence-corrected chi connectivity index (χ0v) is 14.7. The molecule has 0 heterocycles. The van der Waals surface area contributed by atoms with E-state index in [-0.39, 0.29) is 12.2 Å². The van der Waals surface area contributed by atoms with E-state index in [1.165, 1.54) is 12.1 Å². The van der Waals surface area contributed by atoms with E-state index in [1.54, 1.807) is 24.3 Å². The summed E-state index contributed by atoms with van der Waals surface area (Å²) >= 11 is 0. The third kappa shape index (κ3) is 4.91. The summed E-state index contributed by atoms with van der Waals surface area (Å²) in [6.45, 7) is 0. The van der Waals surface area contributed by atoms with Gasteiger partial charge in [0.15, 0.2) is 0 Å². The van der Waals surface area contributed by atoms with Crippen molar-refractivity contribution < 1.29 is 19.1 Å². The van der Waals surface area contributed by atoms with Gasteiger partial charge in [-0.3, -0.25) is 4.79 Å². The van der Waals surface area contributed by atoms with Crippen molar-refractivity contribution in [2.75, 3.05) is 0 Å². The largest absolute Gasteiger partial charge is 0.480 e. The topological polar surface area (TPSA) is 66.4 Å². The van der Waals surface area contributed by atoms with Crippen molar-refractivity contribution in [2.24, 2.45) is 0 Å². The molecule has 27 heavy (non-hydrogen) atoms. The molecular formula is C22H20FNO3. The van der Waals surface area contributed by atoms with Crippen LogP contribution >= 0.6 is 0 Å². The maximum Gasteiger partial charge on any atom is 0.326 e. The second kappa shape index (κ2) is 8.45. The summed E-state index contributed by atoms with van der Waals surface area (Å²) in [7, 11) is 0. The molecule has 0 aliphatic heterocycles. The number of carbonyl (C=O) groups is 2. The van der Waals surface area contributed by atoms with Crippen LogP contribution in [0.2, 0.25) is 0 Å². The summed E-state index contributed by atoms with van der Waals surface area (Å²) < 4.78 is 13.2. The number of aryl methyl sites for hydroxylation is 1. The predicted molar refractivity (Wildman–Crippen MR) is 102 cm³/mol. The van der Waals surface area contributed by atoms with Gasteiger partial charge in [-0.1, -0.05) is 42.5 Å². The zero-order chi connectivity index (χ0) is 19.2. The number of nitrogens with one attached hydrogen (secondary N) is 1. The summed E-state index contributed by atoms with van der Waals surface area (Å²) in [5.41, 5.74) is 1.23. The standard InChI is InChI=1S/C22H20FNO3/c23-19-9-3-5-15(13-19)6-4-10-20(22(26)27)24-21(25)18-12-11-16-7-1-2-8-17(16)14-18/h1-3,5,7-9,11-14,20H,4,6,10H2,(H,24,25)(H,26,27)/t20-/m1/s1. The van der Waals surface area contributed by atoms with Gasteiger partial charge in [0.2, 0.25) is 0 Å². The molecule has 0 aliphatic carbocycles. The molecule has 0 radical (unpaired) electrons. The number of aliphatic carboxylic acids is 1. The molecule has 2 N–H and O–H groups in total. The van der Waals surface area contributed by atoms with Gasteiger partial charge in [0.1, 0.15) is 11.9 Å². The predicted octanol–water partition coefficient (Wildman–Crippen LogP) is 4.18. The number of hydrogen-bond donors (Lipinski definition) is 2. The maximum absolute atomic E-state index is 13.2. The number of rotatable bonds is 7. The SMILES string of the molecule is O=C(N[C@H](CCCc1cccc(F)c1)C(=O)O)c1ccc2ccccc2c1. The van der Waals surface area contributed by atoms with Crippen molar-refractivity contribution in [3.8, 4) is 0 Å². The highest BCUT2D eigenvalue weighted by Gasteiger charge is 2.20. The molecule has 0 aromatic heterocycles. The molecule has 0 fully saturated rings. The Kier molecular flexibility index (Phi) is 5.81. The van der Waals surface area contributed by atoms with Crippen LogP contribution in [-0.4, -0.2) is 23.0 Å². The summed E-state index contributed by atoms with van der Waals surface area (Å²) in [5, 5.41) is 13.9. The molecule has 4 nitrogen and oxygen atoms in total. The molecule has 3 aromatic rings. The fraction of sp³-hybridized carbons (Fsp3) is 0.182. The molecule has 1 atom stereocenters. The Balaban J connectivity index is 1.62. The molecule has 0 spiro atoms. The van der Waals surface area contributed by atoms with Crippen LogP contribution in [0.25, 0.3) is 10.8 Å². The fourth-order valence-corrected chi connectivity index (χ4v) is 3.03. The molecule has 0 aliphatic rings. The van der Waals surface area contributed by atoms with Crippen LogP contribution in [0.3, 0.4) is 0 Å². The molecule has 0 saturated carbocycles. The Labute approximate surface area is 156 Å². The van der Waals surface area contributed by atoms with E-state index in [4.69, 9.17) is 0 Å². The molecular weight excluding hydrogens is 345 g/mol. The number of hydrogen-bond acceptors (Lipinski definition) is 2. The molecule has 138 valence electrons. The molecule has 5 heteroatoms. The van der Waals surface area contributed by atoms with Crippen LogP contribution < -0.4 is 5.32 Å². The Morgan fingerprint density at radius 2 is 1.74 bits per heavy atom. The van der Waals surface area contributed by atoms with Crippen LogP contribution in [0.4, 0.5) is 4.39 Å². The maximum atomic E-state index is 13.2. The molecule has 3 aromatic carbocycles. The first-order valence-corrected chi connectivity index (χ1v) is 8.80. The summed E-state index contributed by atoms with van der Waals surface area (Å²) in [5.74, 6) is -1.81. The van der Waals surface area contributed by atoms with Gasteiger partial charge in [-0.15, -0.1) is 0 Å². The highest BCUT2D eigenvalue weighted by atomic mass is 19.1. The zero-order valence-electron chi connectivity index (χ0n) is 14.7. The normalized spacial score (nSPS) is 11.9. The highest BCUT2D eigenvalue weighted by molar-refractivity contribution is 6.00. The number of halogens is 1. The third-order valence-electron chi connectivity index (χ3n) is 4.46. The van der Waals surface area contributed by atoms with E-state index < -0.39 is 17.9 Å². The molecule has 3 rings (SSSR count). The molecule has 0 bridgehead atoms. The quantitative estimate of drug-likeness (QED) is 0.660. The van der Waals surface area contributed by atoms with Gasteiger partial charge in [0.25, 0.3) is 5.91 Å². The first kappa shape index (κ1) is 18.6. The number of carboxylic acid groups (broad SMARTS) is 1. The average Bonchev–Trinajstić information content (AvgIpc) is 2.66. The van der Waals surface area contributed by atoms with Gasteiger partial charge in [-0.05, 0) is 59.9 Å². The highest BCUT2D eigenvalue weighted by Crippen LogP contribution is 2.16. The van der Waals surface area contributed by atoms with Gasteiger partial charge in [0, 0.05) is 5.56 Å². The Hall–Kier alpha value is -3.21. The second-order valence-corrected chi connectivity index (χ2v) is 6.45. The van der Waals surface area contributed by atoms with Gasteiger partial charge >= 0.3 is 5.97 Å². The van der Waals surface area contributed by atoms with Crippen molar-refractivity contribution in [3.05, 3.63) is 83.7 Å². The van der Waals surface area contributed by atoms with Crippen molar-refractivity contribution in [1.82, 2.24) is 5.32 Å². The lowest BCUT2D eigenvalue weighted by atomic mass is 10.0. The molecule has 0 saturated heterocycles. The van der Waals surface area contributed by atoms with Gasteiger partial charge in [-0.2, -0.15) is 0 Å². The lowest BCUT2D eigenvalue weighted by molar-refractivity contribution is -0.139. The molecule has 0 unspecified atom stereocenters. The van der Waals surface area contributed by atoms with Crippen LogP contribution in [0, 0.1) is 5.82 Å². The van der Waals surface area contributed by atoms with E-state index in [9.17, 15) is 19.1 Å². The van der Waals surface area contributed by atoms with Crippen molar-refractivity contribution in [3.63, 3.8) is 0 Å². The van der Waals surface area contributed by atoms with Crippen LogP contribution in [-0.2, 0) is 11.2 Å². The van der Waals surface area contributed by atoms with E-state index in [0.717, 1.165) is 16.3 Å². The fourth-order valence-electron chi connectivity index (χ4n) is 3.03. The van der Waals surface area contributed by atoms with Gasteiger partial charge in [-0.25, -0.2) is 9.18 Å². The van der Waals surface area contributed by atoms with Crippen molar-refractivity contribution in [2.45, 2.75) is 25.3 Å². The Morgan fingerprint density at radius 1 is 0.963 bits per heavy atom. The first-order valence-electron chi connectivity index (χ1n) is 8.80. The summed E-state index contributed by atoms with van der Waals surface area (Å²) in [6, 6.07) is 18.2. The van der Waals surface area contributed by atoms with Crippen LogP contribution in [0.1, 0.15) is 28.8 Å². The minimum Gasteiger partial charge on any atom is -0.480 e. The van der Waals surface area contributed by atoms with Gasteiger partial charge in [0.05, 0.1) is 0 Å². The smallest absolute Gasteiger partial charge is 0.326 e. The van der Waals surface area contributed by atoms with Crippen LogP contribution in [0.15, 0.2) is 66.7 Å². The summed E-state index contributed by atoms with van der Waals surface area (Å²) in [6.07, 6.45) is 1.34. The van der Waals surface area contributed by atoms with E-state index >= 15 is 0 Å². The lowest BCUT2D eigenvalue weighted by Gasteiger charge is -2.15.